The Morgan fingerprint density at radius 3 is 2.68 bits per heavy atom. The summed E-state index contributed by atoms with van der Waals surface area (Å²) < 4.78 is 3.27. The summed E-state index contributed by atoms with van der Waals surface area (Å²) in [5, 5.41) is 8.61. The van der Waals surface area contributed by atoms with Crippen molar-refractivity contribution in [2.24, 2.45) is 0 Å². The third-order valence-corrected chi connectivity index (χ3v) is 3.58. The molecule has 1 heterocycles. The largest absolute Gasteiger partial charge is 0.481 e. The molecular formula is C14H15IN2O2. The van der Waals surface area contributed by atoms with Gasteiger partial charge in [0.05, 0.1) is 0 Å². The second kappa shape index (κ2) is 6.70. The van der Waals surface area contributed by atoms with Gasteiger partial charge < -0.3 is 9.67 Å². The fraction of sp³-hybridized carbons (Fsp3) is 0.286. The van der Waals surface area contributed by atoms with Crippen LogP contribution < -0.4 is 0 Å². The number of nitrogens with zero attached hydrogens (tertiary/aromatic N) is 2. The van der Waals surface area contributed by atoms with Gasteiger partial charge in [0.1, 0.15) is 5.82 Å². The first kappa shape index (κ1) is 14.0. The Labute approximate surface area is 125 Å². The average Bonchev–Trinajstić information content (AvgIpc) is 2.84. The molecule has 0 saturated carbocycles. The normalized spacial score (nSPS) is 10.6. The van der Waals surface area contributed by atoms with E-state index in [0.717, 1.165) is 24.4 Å². The molecule has 0 fully saturated rings. The van der Waals surface area contributed by atoms with E-state index in [9.17, 15) is 4.79 Å². The third kappa shape index (κ3) is 4.05. The molecule has 1 N–H and O–H groups in total. The first-order valence-corrected chi connectivity index (χ1v) is 7.23. The second-order valence-corrected chi connectivity index (χ2v) is 5.55. The summed E-state index contributed by atoms with van der Waals surface area (Å²) in [5.74, 6) is 0.204. The highest BCUT2D eigenvalue weighted by atomic mass is 127. The van der Waals surface area contributed by atoms with E-state index >= 15 is 0 Å². The van der Waals surface area contributed by atoms with E-state index in [1.54, 1.807) is 6.20 Å². The van der Waals surface area contributed by atoms with Crippen LogP contribution in [-0.4, -0.2) is 20.6 Å². The Bertz CT molecular complexity index is 549. The van der Waals surface area contributed by atoms with Crippen molar-refractivity contribution in [2.45, 2.75) is 25.8 Å². The van der Waals surface area contributed by atoms with Crippen LogP contribution in [0.25, 0.3) is 11.4 Å². The van der Waals surface area contributed by atoms with Crippen LogP contribution in [0.15, 0.2) is 36.7 Å². The number of halogens is 1. The Balaban J connectivity index is 2.01. The van der Waals surface area contributed by atoms with Crippen LogP contribution in [0, 0.1) is 3.57 Å². The lowest BCUT2D eigenvalue weighted by Gasteiger charge is -2.07. The van der Waals surface area contributed by atoms with Gasteiger partial charge in [0.2, 0.25) is 0 Å². The minimum Gasteiger partial charge on any atom is -0.481 e. The molecule has 0 spiro atoms. The molecule has 0 bridgehead atoms. The molecule has 100 valence electrons. The molecule has 2 rings (SSSR count). The van der Waals surface area contributed by atoms with Gasteiger partial charge in [-0.1, -0.05) is 12.1 Å². The number of aliphatic carboxylic acids is 1. The van der Waals surface area contributed by atoms with E-state index in [1.165, 1.54) is 3.57 Å². The van der Waals surface area contributed by atoms with Crippen LogP contribution in [0.5, 0.6) is 0 Å². The summed E-state index contributed by atoms with van der Waals surface area (Å²) in [6.45, 7) is 0.800. The van der Waals surface area contributed by atoms with Crippen molar-refractivity contribution in [1.82, 2.24) is 9.55 Å². The fourth-order valence-electron chi connectivity index (χ4n) is 1.91. The van der Waals surface area contributed by atoms with E-state index < -0.39 is 5.97 Å². The molecule has 0 amide bonds. The minimum atomic E-state index is -0.733. The Morgan fingerprint density at radius 2 is 2.00 bits per heavy atom. The number of carboxylic acid groups (broad SMARTS) is 1. The number of aryl methyl sites for hydroxylation is 1. The molecule has 0 radical (unpaired) electrons. The average molecular weight is 370 g/mol. The van der Waals surface area contributed by atoms with E-state index in [1.807, 2.05) is 6.20 Å². The molecular weight excluding hydrogens is 355 g/mol. The van der Waals surface area contributed by atoms with Crippen molar-refractivity contribution < 1.29 is 9.90 Å². The van der Waals surface area contributed by atoms with Crippen molar-refractivity contribution in [1.29, 1.82) is 0 Å². The summed E-state index contributed by atoms with van der Waals surface area (Å²) in [4.78, 5) is 14.8. The van der Waals surface area contributed by atoms with Crippen LogP contribution in [0.4, 0.5) is 0 Å². The van der Waals surface area contributed by atoms with Crippen molar-refractivity contribution in [3.63, 3.8) is 0 Å². The highest BCUT2D eigenvalue weighted by Gasteiger charge is 2.05. The third-order valence-electron chi connectivity index (χ3n) is 2.86. The monoisotopic (exact) mass is 370 g/mol. The molecule has 0 aliphatic carbocycles. The number of rotatable bonds is 6. The van der Waals surface area contributed by atoms with Gasteiger partial charge in [0.25, 0.3) is 0 Å². The lowest BCUT2D eigenvalue weighted by Crippen LogP contribution is -2.01. The Kier molecular flexibility index (Phi) is 4.95. The number of unbranched alkanes of at least 4 members (excludes halogenated alkanes) is 1. The highest BCUT2D eigenvalue weighted by molar-refractivity contribution is 14.1. The lowest BCUT2D eigenvalue weighted by molar-refractivity contribution is -0.137. The van der Waals surface area contributed by atoms with Gasteiger partial charge in [0, 0.05) is 34.5 Å². The summed E-state index contributed by atoms with van der Waals surface area (Å²) in [7, 11) is 0. The number of imidazole rings is 1. The molecule has 0 aliphatic heterocycles. The van der Waals surface area contributed by atoms with Gasteiger partial charge >= 0.3 is 5.97 Å². The number of hydrogen-bond donors (Lipinski definition) is 1. The van der Waals surface area contributed by atoms with Gasteiger partial charge in [-0.2, -0.15) is 0 Å². The topological polar surface area (TPSA) is 55.1 Å². The molecule has 4 nitrogen and oxygen atoms in total. The minimum absolute atomic E-state index is 0.230. The number of hydrogen-bond acceptors (Lipinski definition) is 2. The standard InChI is InChI=1S/C14H15IN2O2/c15-12-6-4-11(5-7-12)14-16-8-10-17(14)9-2-1-3-13(18)19/h4-8,10H,1-3,9H2,(H,18,19). The number of benzene rings is 1. The molecule has 0 unspecified atom stereocenters. The van der Waals surface area contributed by atoms with Crippen molar-refractivity contribution in [2.75, 3.05) is 0 Å². The van der Waals surface area contributed by atoms with Crippen LogP contribution in [0.1, 0.15) is 19.3 Å². The maximum atomic E-state index is 10.5. The summed E-state index contributed by atoms with van der Waals surface area (Å²) in [6, 6.07) is 8.22. The first-order valence-electron chi connectivity index (χ1n) is 6.15. The predicted octanol–water partition coefficient (Wildman–Crippen LogP) is 3.41. The second-order valence-electron chi connectivity index (χ2n) is 4.30. The van der Waals surface area contributed by atoms with Crippen LogP contribution in [-0.2, 0) is 11.3 Å². The van der Waals surface area contributed by atoms with Gasteiger partial charge in [-0.15, -0.1) is 0 Å². The number of carbonyl (C=O) groups is 1. The summed E-state index contributed by atoms with van der Waals surface area (Å²) in [5.41, 5.74) is 1.09. The zero-order valence-corrected chi connectivity index (χ0v) is 12.6. The van der Waals surface area contributed by atoms with E-state index in [0.29, 0.717) is 6.42 Å². The molecule has 0 atom stereocenters. The zero-order chi connectivity index (χ0) is 13.7. The van der Waals surface area contributed by atoms with Gasteiger partial charge in [-0.25, -0.2) is 4.98 Å². The van der Waals surface area contributed by atoms with Crippen molar-refractivity contribution in [3.8, 4) is 11.4 Å². The van der Waals surface area contributed by atoms with Gasteiger partial charge in [-0.3, -0.25) is 4.79 Å². The molecule has 5 heteroatoms. The Morgan fingerprint density at radius 1 is 1.26 bits per heavy atom. The highest BCUT2D eigenvalue weighted by Crippen LogP contribution is 2.19. The summed E-state index contributed by atoms with van der Waals surface area (Å²) in [6.07, 6.45) is 5.49. The smallest absolute Gasteiger partial charge is 0.303 e. The molecule has 19 heavy (non-hydrogen) atoms. The Hall–Kier alpha value is -1.37. The quantitative estimate of drug-likeness (QED) is 0.626. The van der Waals surface area contributed by atoms with Crippen LogP contribution >= 0.6 is 22.6 Å². The van der Waals surface area contributed by atoms with Gasteiger partial charge in [0.15, 0.2) is 0 Å². The van der Waals surface area contributed by atoms with Crippen molar-refractivity contribution >= 4 is 28.6 Å². The van der Waals surface area contributed by atoms with E-state index in [2.05, 4.69) is 56.4 Å². The van der Waals surface area contributed by atoms with Crippen LogP contribution in [0.2, 0.25) is 0 Å². The van der Waals surface area contributed by atoms with Gasteiger partial charge in [-0.05, 0) is 47.6 Å². The molecule has 0 aliphatic rings. The fourth-order valence-corrected chi connectivity index (χ4v) is 2.27. The predicted molar refractivity (Wildman–Crippen MR) is 81.9 cm³/mol. The van der Waals surface area contributed by atoms with E-state index in [4.69, 9.17) is 5.11 Å². The SMILES string of the molecule is O=C(O)CCCCn1ccnc1-c1ccc(I)cc1. The molecule has 1 aromatic heterocycles. The van der Waals surface area contributed by atoms with Crippen LogP contribution in [0.3, 0.4) is 0 Å². The zero-order valence-electron chi connectivity index (χ0n) is 10.4. The van der Waals surface area contributed by atoms with Crippen molar-refractivity contribution in [3.05, 3.63) is 40.2 Å². The maximum absolute atomic E-state index is 10.5. The lowest BCUT2D eigenvalue weighted by atomic mass is 10.2. The number of carboxylic acids is 1. The number of aromatic nitrogens is 2. The molecule has 1 aromatic carbocycles. The first-order chi connectivity index (χ1) is 9.16. The molecule has 2 aromatic rings. The maximum Gasteiger partial charge on any atom is 0.303 e. The summed E-state index contributed by atoms with van der Waals surface area (Å²) >= 11 is 2.27. The molecule has 0 saturated heterocycles. The van der Waals surface area contributed by atoms with E-state index in [-0.39, 0.29) is 6.42 Å².